The molecule has 4 heteroatoms. The number of anilines is 1. The number of nitrogens with two attached hydrogens (primary N) is 1. The van der Waals surface area contributed by atoms with Gasteiger partial charge in [-0.15, -0.1) is 0 Å². The highest BCUT2D eigenvalue weighted by atomic mass is 35.5. The number of hydrogen-bond acceptors (Lipinski definition) is 3. The molecule has 0 unspecified atom stereocenters. The summed E-state index contributed by atoms with van der Waals surface area (Å²) in [6.45, 7) is 5.08. The minimum absolute atomic E-state index is 0.643. The lowest BCUT2D eigenvalue weighted by molar-refractivity contribution is 0.360. The van der Waals surface area contributed by atoms with Crippen LogP contribution in [-0.2, 0) is 6.42 Å². The first kappa shape index (κ1) is 13.7. The zero-order valence-electron chi connectivity index (χ0n) is 11.0. The topological polar surface area (TPSA) is 32.5 Å². The largest absolute Gasteiger partial charge is 0.370 e. The van der Waals surface area contributed by atoms with E-state index >= 15 is 0 Å². The molecule has 0 aromatic heterocycles. The van der Waals surface area contributed by atoms with E-state index in [9.17, 15) is 0 Å². The van der Waals surface area contributed by atoms with Crippen LogP contribution in [0.2, 0.25) is 5.02 Å². The lowest BCUT2D eigenvalue weighted by Crippen LogP contribution is -2.29. The predicted octanol–water partition coefficient (Wildman–Crippen LogP) is 1.98. The quantitative estimate of drug-likeness (QED) is 0.909. The van der Waals surface area contributed by atoms with Crippen molar-refractivity contribution in [3.05, 3.63) is 28.8 Å². The second-order valence-electron chi connectivity index (χ2n) is 4.92. The van der Waals surface area contributed by atoms with E-state index in [1.54, 1.807) is 0 Å². The smallest absolute Gasteiger partial charge is 0.0459 e. The molecule has 1 aromatic carbocycles. The third-order valence-electron chi connectivity index (χ3n) is 3.55. The van der Waals surface area contributed by atoms with Gasteiger partial charge in [0.15, 0.2) is 0 Å². The number of rotatable bonds is 3. The molecule has 1 saturated heterocycles. The maximum atomic E-state index is 6.30. The van der Waals surface area contributed by atoms with Gasteiger partial charge in [0.05, 0.1) is 0 Å². The molecule has 0 amide bonds. The Hall–Kier alpha value is -0.770. The first-order valence-corrected chi connectivity index (χ1v) is 7.01. The highest BCUT2D eigenvalue weighted by Crippen LogP contribution is 2.28. The average Bonchev–Trinajstić information content (AvgIpc) is 2.57. The van der Waals surface area contributed by atoms with Gasteiger partial charge >= 0.3 is 0 Å². The summed E-state index contributed by atoms with van der Waals surface area (Å²) in [6.07, 6.45) is 2.05. The van der Waals surface area contributed by atoms with Gasteiger partial charge in [0.2, 0.25) is 0 Å². The fraction of sp³-hybridized carbons (Fsp3) is 0.571. The third-order valence-corrected chi connectivity index (χ3v) is 3.90. The van der Waals surface area contributed by atoms with E-state index in [2.05, 4.69) is 22.9 Å². The average molecular weight is 268 g/mol. The van der Waals surface area contributed by atoms with Crippen LogP contribution >= 0.6 is 11.6 Å². The molecule has 0 saturated carbocycles. The number of likely N-dealkylation sites (N-methyl/N-ethyl adjacent to an activating group) is 1. The Morgan fingerprint density at radius 1 is 1.22 bits per heavy atom. The summed E-state index contributed by atoms with van der Waals surface area (Å²) in [7, 11) is 2.18. The molecule has 3 nitrogen and oxygen atoms in total. The predicted molar refractivity (Wildman–Crippen MR) is 78.5 cm³/mol. The van der Waals surface area contributed by atoms with Crippen LogP contribution in [0.25, 0.3) is 0 Å². The first-order valence-electron chi connectivity index (χ1n) is 6.63. The standard InChI is InChI=1S/C14H22ClN3/c1-17-8-3-9-18(11-10-17)14-5-2-4-13(15)12(14)6-7-16/h2,4-5H,3,6-11,16H2,1H3. The van der Waals surface area contributed by atoms with Gasteiger partial charge in [-0.2, -0.15) is 0 Å². The van der Waals surface area contributed by atoms with Crippen molar-refractivity contribution in [2.45, 2.75) is 12.8 Å². The minimum Gasteiger partial charge on any atom is -0.370 e. The molecule has 2 rings (SSSR count). The van der Waals surface area contributed by atoms with Crippen LogP contribution in [0.15, 0.2) is 18.2 Å². The second kappa shape index (κ2) is 6.41. The van der Waals surface area contributed by atoms with Crippen LogP contribution in [0.4, 0.5) is 5.69 Å². The van der Waals surface area contributed by atoms with Crippen molar-refractivity contribution in [3.63, 3.8) is 0 Å². The van der Waals surface area contributed by atoms with Gasteiger partial charge in [0.25, 0.3) is 0 Å². The van der Waals surface area contributed by atoms with Crippen molar-refractivity contribution in [3.8, 4) is 0 Å². The second-order valence-corrected chi connectivity index (χ2v) is 5.33. The fourth-order valence-corrected chi connectivity index (χ4v) is 2.79. The number of nitrogens with zero attached hydrogens (tertiary/aromatic N) is 2. The van der Waals surface area contributed by atoms with Crippen LogP contribution in [-0.4, -0.2) is 44.7 Å². The molecule has 1 aromatic rings. The first-order chi connectivity index (χ1) is 8.72. The maximum Gasteiger partial charge on any atom is 0.0459 e. The van der Waals surface area contributed by atoms with E-state index in [0.717, 1.165) is 31.1 Å². The molecule has 2 N–H and O–H groups in total. The van der Waals surface area contributed by atoms with Crippen molar-refractivity contribution in [2.24, 2.45) is 5.73 Å². The Morgan fingerprint density at radius 3 is 2.83 bits per heavy atom. The monoisotopic (exact) mass is 267 g/mol. The molecule has 1 aliphatic heterocycles. The summed E-state index contributed by atoms with van der Waals surface area (Å²) in [4.78, 5) is 4.83. The molecule has 0 bridgehead atoms. The SMILES string of the molecule is CN1CCCN(c2cccc(Cl)c2CCN)CC1. The van der Waals surface area contributed by atoms with Crippen LogP contribution in [0.3, 0.4) is 0 Å². The van der Waals surface area contributed by atoms with E-state index < -0.39 is 0 Å². The van der Waals surface area contributed by atoms with Crippen LogP contribution in [0.1, 0.15) is 12.0 Å². The van der Waals surface area contributed by atoms with Gasteiger partial charge in [-0.3, -0.25) is 0 Å². The van der Waals surface area contributed by atoms with Gasteiger partial charge in [-0.25, -0.2) is 0 Å². The molecule has 1 fully saturated rings. The number of hydrogen-bond donors (Lipinski definition) is 1. The van der Waals surface area contributed by atoms with Crippen molar-refractivity contribution in [1.29, 1.82) is 0 Å². The number of halogens is 1. The van der Waals surface area contributed by atoms with Crippen molar-refractivity contribution < 1.29 is 0 Å². The van der Waals surface area contributed by atoms with E-state index in [4.69, 9.17) is 17.3 Å². The molecule has 1 aliphatic rings. The minimum atomic E-state index is 0.643. The van der Waals surface area contributed by atoms with Crippen molar-refractivity contribution in [2.75, 3.05) is 44.7 Å². The van der Waals surface area contributed by atoms with Gasteiger partial charge in [0.1, 0.15) is 0 Å². The third kappa shape index (κ3) is 3.16. The normalized spacial score (nSPS) is 17.8. The Kier molecular flexibility index (Phi) is 4.87. The summed E-state index contributed by atoms with van der Waals surface area (Å²) in [5, 5.41) is 0.843. The lowest BCUT2D eigenvalue weighted by Gasteiger charge is -2.26. The summed E-state index contributed by atoms with van der Waals surface area (Å²) >= 11 is 6.30. The Morgan fingerprint density at radius 2 is 2.06 bits per heavy atom. The molecule has 100 valence electrons. The lowest BCUT2D eigenvalue weighted by atomic mass is 10.1. The Balaban J connectivity index is 2.23. The molecular formula is C14H22ClN3. The highest BCUT2D eigenvalue weighted by molar-refractivity contribution is 6.31. The summed E-state index contributed by atoms with van der Waals surface area (Å²) in [5.41, 5.74) is 8.16. The van der Waals surface area contributed by atoms with Crippen molar-refractivity contribution >= 4 is 17.3 Å². The van der Waals surface area contributed by atoms with E-state index in [1.165, 1.54) is 24.2 Å². The van der Waals surface area contributed by atoms with Crippen LogP contribution in [0, 0.1) is 0 Å². The van der Waals surface area contributed by atoms with Crippen LogP contribution < -0.4 is 10.6 Å². The molecule has 0 spiro atoms. The molecule has 0 aliphatic carbocycles. The zero-order valence-corrected chi connectivity index (χ0v) is 11.8. The molecule has 1 heterocycles. The van der Waals surface area contributed by atoms with E-state index in [1.807, 2.05) is 12.1 Å². The van der Waals surface area contributed by atoms with E-state index in [0.29, 0.717) is 6.54 Å². The van der Waals surface area contributed by atoms with E-state index in [-0.39, 0.29) is 0 Å². The summed E-state index contributed by atoms with van der Waals surface area (Å²) in [5.74, 6) is 0. The Labute approximate surface area is 115 Å². The maximum absolute atomic E-state index is 6.30. The van der Waals surface area contributed by atoms with Gasteiger partial charge in [0, 0.05) is 30.3 Å². The summed E-state index contributed by atoms with van der Waals surface area (Å²) < 4.78 is 0. The molecule has 0 radical (unpaired) electrons. The van der Waals surface area contributed by atoms with Gasteiger partial charge in [-0.05, 0) is 50.7 Å². The number of benzene rings is 1. The molecule has 0 atom stereocenters. The zero-order chi connectivity index (χ0) is 13.0. The van der Waals surface area contributed by atoms with Crippen LogP contribution in [0.5, 0.6) is 0 Å². The molecular weight excluding hydrogens is 246 g/mol. The highest BCUT2D eigenvalue weighted by Gasteiger charge is 2.16. The van der Waals surface area contributed by atoms with Gasteiger partial charge in [-0.1, -0.05) is 17.7 Å². The molecule has 18 heavy (non-hydrogen) atoms. The summed E-state index contributed by atoms with van der Waals surface area (Å²) in [6, 6.07) is 6.16. The fourth-order valence-electron chi connectivity index (χ4n) is 2.52. The van der Waals surface area contributed by atoms with Crippen molar-refractivity contribution in [1.82, 2.24) is 4.90 Å². The Bertz CT molecular complexity index is 395. The van der Waals surface area contributed by atoms with Gasteiger partial charge < -0.3 is 15.5 Å².